The van der Waals surface area contributed by atoms with Gasteiger partial charge in [0, 0.05) is 32.9 Å². The van der Waals surface area contributed by atoms with Crippen LogP contribution in [0, 0.1) is 0 Å². The van der Waals surface area contributed by atoms with Crippen molar-refractivity contribution < 1.29 is 0 Å². The molecule has 252 valence electrons. The quantitative estimate of drug-likeness (QED) is 0.164. The molecule has 0 aliphatic rings. The van der Waals surface area contributed by atoms with Crippen molar-refractivity contribution in [1.82, 2.24) is 4.57 Å². The van der Waals surface area contributed by atoms with Gasteiger partial charge in [0.1, 0.15) is 0 Å². The van der Waals surface area contributed by atoms with Gasteiger partial charge in [0.15, 0.2) is 0 Å². The minimum Gasteiger partial charge on any atom is -0.309 e. The second-order valence-electron chi connectivity index (χ2n) is 14.1. The molecule has 0 atom stereocenters. The maximum absolute atomic E-state index is 2.50. The predicted molar refractivity (Wildman–Crippen MR) is 231 cm³/mol. The summed E-state index contributed by atoms with van der Waals surface area (Å²) >= 11 is 0. The van der Waals surface area contributed by atoms with Gasteiger partial charge in [0.05, 0.1) is 22.4 Å². The molecule has 0 radical (unpaired) electrons. The first-order valence-corrected chi connectivity index (χ1v) is 18.6. The van der Waals surface area contributed by atoms with Gasteiger partial charge in [0.2, 0.25) is 0 Å². The zero-order valence-corrected chi connectivity index (χ0v) is 29.5. The minimum absolute atomic E-state index is 1.11. The molecular formula is C52H34N2. The molecule has 1 aromatic heterocycles. The third-order valence-corrected chi connectivity index (χ3v) is 11.1. The van der Waals surface area contributed by atoms with Gasteiger partial charge < -0.3 is 9.47 Å². The van der Waals surface area contributed by atoms with Crippen molar-refractivity contribution in [3.05, 3.63) is 206 Å². The minimum atomic E-state index is 1.11. The van der Waals surface area contributed by atoms with Crippen LogP contribution in [0.4, 0.5) is 17.1 Å². The lowest BCUT2D eigenvalue weighted by atomic mass is 9.95. The molecule has 1 heterocycles. The lowest BCUT2D eigenvalue weighted by Gasteiger charge is -2.29. The van der Waals surface area contributed by atoms with Gasteiger partial charge >= 0.3 is 0 Å². The Morgan fingerprint density at radius 1 is 0.296 bits per heavy atom. The van der Waals surface area contributed by atoms with E-state index in [1.54, 1.807) is 0 Å². The molecule has 0 bridgehead atoms. The maximum Gasteiger partial charge on any atom is 0.0546 e. The number of aromatic nitrogens is 1. The van der Waals surface area contributed by atoms with Crippen molar-refractivity contribution in [3.8, 4) is 16.8 Å². The van der Waals surface area contributed by atoms with E-state index in [9.17, 15) is 0 Å². The number of benzene rings is 10. The smallest absolute Gasteiger partial charge is 0.0546 e. The molecule has 0 saturated heterocycles. The molecule has 10 aromatic carbocycles. The average molecular weight is 687 g/mol. The molecule has 2 heteroatoms. The van der Waals surface area contributed by atoms with Crippen LogP contribution < -0.4 is 4.90 Å². The molecule has 0 spiro atoms. The largest absolute Gasteiger partial charge is 0.309 e. The molecule has 0 fully saturated rings. The van der Waals surface area contributed by atoms with Crippen molar-refractivity contribution in [1.29, 1.82) is 0 Å². The first-order chi connectivity index (χ1) is 26.8. The summed E-state index contributed by atoms with van der Waals surface area (Å²) < 4.78 is 2.39. The molecule has 0 aliphatic heterocycles. The van der Waals surface area contributed by atoms with E-state index in [-0.39, 0.29) is 0 Å². The van der Waals surface area contributed by atoms with Crippen LogP contribution in [0.25, 0.3) is 81.7 Å². The van der Waals surface area contributed by atoms with Crippen LogP contribution in [0.2, 0.25) is 0 Å². The molecule has 0 saturated carbocycles. The number of nitrogens with zero attached hydrogens (tertiary/aromatic N) is 2. The fraction of sp³-hybridized carbons (Fsp3) is 0. The third-order valence-electron chi connectivity index (χ3n) is 11.1. The summed E-state index contributed by atoms with van der Waals surface area (Å²) in [6.45, 7) is 0. The lowest BCUT2D eigenvalue weighted by molar-refractivity contribution is 1.18. The number of fused-ring (bicyclic) bond motifs is 9. The van der Waals surface area contributed by atoms with Crippen LogP contribution >= 0.6 is 0 Å². The Bertz CT molecular complexity index is 3210. The molecule has 0 aliphatic carbocycles. The van der Waals surface area contributed by atoms with E-state index in [0.717, 1.165) is 22.7 Å². The number of para-hydroxylation sites is 2. The predicted octanol–water partition coefficient (Wildman–Crippen LogP) is 14.5. The van der Waals surface area contributed by atoms with Gasteiger partial charge in [0.25, 0.3) is 0 Å². The third kappa shape index (κ3) is 4.74. The standard InChI is InChI=1S/C52H34N2/c1-3-14-35(15-4-1)38-32-37-17-8-10-21-42(37)52(33-38)54(50-25-13-23-43-45-28-26-36-16-7-9-20-41(36)44(45)29-30-47(43)50)40-27-31-51-48(34-40)46-22-11-12-24-49(46)53(51)39-18-5-2-6-19-39/h1-34H. The van der Waals surface area contributed by atoms with E-state index in [1.807, 2.05) is 0 Å². The Kier molecular flexibility index (Phi) is 6.90. The second-order valence-corrected chi connectivity index (χ2v) is 14.1. The number of hydrogen-bond donors (Lipinski definition) is 0. The fourth-order valence-electron chi connectivity index (χ4n) is 8.67. The van der Waals surface area contributed by atoms with Crippen molar-refractivity contribution in [3.63, 3.8) is 0 Å². The van der Waals surface area contributed by atoms with Crippen LogP contribution in [0.1, 0.15) is 0 Å². The summed E-state index contributed by atoms with van der Waals surface area (Å²) in [5, 5.41) is 12.4. The Morgan fingerprint density at radius 3 is 1.76 bits per heavy atom. The molecular weight excluding hydrogens is 653 g/mol. The van der Waals surface area contributed by atoms with Gasteiger partial charge in [-0.2, -0.15) is 0 Å². The van der Waals surface area contributed by atoms with Gasteiger partial charge in [-0.05, 0) is 98.0 Å². The van der Waals surface area contributed by atoms with E-state index in [0.29, 0.717) is 0 Å². The normalized spacial score (nSPS) is 11.7. The number of anilines is 3. The van der Waals surface area contributed by atoms with E-state index in [1.165, 1.54) is 76.0 Å². The van der Waals surface area contributed by atoms with E-state index in [4.69, 9.17) is 0 Å². The summed E-state index contributed by atoms with van der Waals surface area (Å²) in [4.78, 5) is 2.50. The summed E-state index contributed by atoms with van der Waals surface area (Å²) in [6.07, 6.45) is 0. The summed E-state index contributed by atoms with van der Waals surface area (Å²) in [5.74, 6) is 0. The number of hydrogen-bond acceptors (Lipinski definition) is 1. The molecule has 2 nitrogen and oxygen atoms in total. The highest BCUT2D eigenvalue weighted by Gasteiger charge is 2.22. The first kappa shape index (κ1) is 30.5. The van der Waals surface area contributed by atoms with Crippen LogP contribution in [0.15, 0.2) is 206 Å². The molecule has 0 amide bonds. The Hall–Kier alpha value is -7.16. The Labute approximate surface area is 313 Å². The Morgan fingerprint density at radius 2 is 0.907 bits per heavy atom. The fourth-order valence-corrected chi connectivity index (χ4v) is 8.67. The molecule has 0 unspecified atom stereocenters. The van der Waals surface area contributed by atoms with Crippen LogP contribution in [0.3, 0.4) is 0 Å². The number of rotatable bonds is 5. The molecule has 54 heavy (non-hydrogen) atoms. The molecule has 11 rings (SSSR count). The van der Waals surface area contributed by atoms with Crippen LogP contribution in [-0.2, 0) is 0 Å². The van der Waals surface area contributed by atoms with Crippen molar-refractivity contribution in [2.45, 2.75) is 0 Å². The van der Waals surface area contributed by atoms with Gasteiger partial charge in [-0.25, -0.2) is 0 Å². The van der Waals surface area contributed by atoms with E-state index in [2.05, 4.69) is 216 Å². The van der Waals surface area contributed by atoms with Gasteiger partial charge in [-0.15, -0.1) is 0 Å². The lowest BCUT2D eigenvalue weighted by Crippen LogP contribution is -2.11. The first-order valence-electron chi connectivity index (χ1n) is 18.6. The van der Waals surface area contributed by atoms with Gasteiger partial charge in [-0.1, -0.05) is 152 Å². The summed E-state index contributed by atoms with van der Waals surface area (Å²) in [7, 11) is 0. The van der Waals surface area contributed by atoms with Crippen molar-refractivity contribution in [2.24, 2.45) is 0 Å². The van der Waals surface area contributed by atoms with Gasteiger partial charge in [-0.3, -0.25) is 0 Å². The van der Waals surface area contributed by atoms with Crippen molar-refractivity contribution >= 4 is 82.0 Å². The van der Waals surface area contributed by atoms with Crippen LogP contribution in [-0.4, -0.2) is 4.57 Å². The van der Waals surface area contributed by atoms with E-state index < -0.39 is 0 Å². The highest BCUT2D eigenvalue weighted by atomic mass is 15.1. The molecule has 0 N–H and O–H groups in total. The zero-order valence-electron chi connectivity index (χ0n) is 29.5. The maximum atomic E-state index is 2.50. The van der Waals surface area contributed by atoms with Crippen LogP contribution in [0.5, 0.6) is 0 Å². The summed E-state index contributed by atoms with van der Waals surface area (Å²) in [6, 6.07) is 75.4. The van der Waals surface area contributed by atoms with Crippen molar-refractivity contribution in [2.75, 3.05) is 4.90 Å². The zero-order chi connectivity index (χ0) is 35.6. The SMILES string of the molecule is c1ccc(-c2cc(N(c3ccc4c(c3)c3ccccc3n4-c3ccccc3)c3cccc4c3ccc3c5ccccc5ccc43)c3ccccc3c2)cc1. The highest BCUT2D eigenvalue weighted by molar-refractivity contribution is 6.20. The topological polar surface area (TPSA) is 8.17 Å². The monoisotopic (exact) mass is 686 g/mol. The second kappa shape index (κ2) is 12.2. The average Bonchev–Trinajstić information content (AvgIpc) is 3.58. The Balaban J connectivity index is 1.23. The van der Waals surface area contributed by atoms with E-state index >= 15 is 0 Å². The summed E-state index contributed by atoms with van der Waals surface area (Å²) in [5.41, 5.74) is 9.32. The highest BCUT2D eigenvalue weighted by Crippen LogP contribution is 2.46. The molecule has 11 aromatic rings.